The molecule has 1 saturated heterocycles. The molecule has 0 aliphatic carbocycles. The Bertz CT molecular complexity index is 450. The van der Waals surface area contributed by atoms with Crippen LogP contribution in [-0.4, -0.2) is 41.3 Å². The van der Waals surface area contributed by atoms with E-state index in [1.165, 1.54) is 12.1 Å². The van der Waals surface area contributed by atoms with E-state index in [4.69, 9.17) is 5.26 Å². The van der Waals surface area contributed by atoms with Gasteiger partial charge in [-0.15, -0.1) is 0 Å². The molecule has 5 heteroatoms. The van der Waals surface area contributed by atoms with Crippen LogP contribution in [-0.2, 0) is 0 Å². The van der Waals surface area contributed by atoms with Gasteiger partial charge in [0, 0.05) is 31.7 Å². The van der Waals surface area contributed by atoms with Crippen LogP contribution in [0.2, 0.25) is 0 Å². The van der Waals surface area contributed by atoms with E-state index in [0.29, 0.717) is 12.0 Å². The van der Waals surface area contributed by atoms with E-state index in [-0.39, 0.29) is 17.5 Å². The first-order valence-corrected chi connectivity index (χ1v) is 6.06. The number of hydrogen-bond donors (Lipinski definition) is 3. The quantitative estimate of drug-likeness (QED) is 0.693. The van der Waals surface area contributed by atoms with Gasteiger partial charge in [0.25, 0.3) is 0 Å². The lowest BCUT2D eigenvalue weighted by Gasteiger charge is -2.34. The molecule has 18 heavy (non-hydrogen) atoms. The van der Waals surface area contributed by atoms with Crippen molar-refractivity contribution in [3.8, 4) is 17.6 Å². The number of phenolic OH excluding ortho intramolecular Hbond substituents is 2. The lowest BCUT2D eigenvalue weighted by molar-refractivity contribution is 0.173. The third-order valence-corrected chi connectivity index (χ3v) is 3.25. The SMILES string of the molecule is N#CC[C@H](c1cc(O)ccc1O)N1CCNCC1. The van der Waals surface area contributed by atoms with Gasteiger partial charge in [-0.2, -0.15) is 5.26 Å². The summed E-state index contributed by atoms with van der Waals surface area (Å²) in [5.74, 6) is 0.243. The number of nitriles is 1. The van der Waals surface area contributed by atoms with Crippen LogP contribution in [0.1, 0.15) is 18.0 Å². The molecule has 0 unspecified atom stereocenters. The van der Waals surface area contributed by atoms with Gasteiger partial charge in [0.2, 0.25) is 0 Å². The van der Waals surface area contributed by atoms with E-state index in [0.717, 1.165) is 26.2 Å². The van der Waals surface area contributed by atoms with Crippen molar-refractivity contribution in [2.24, 2.45) is 0 Å². The number of piperazine rings is 1. The molecule has 0 radical (unpaired) electrons. The fourth-order valence-electron chi connectivity index (χ4n) is 2.32. The molecule has 1 heterocycles. The molecule has 1 aliphatic rings. The Hall–Kier alpha value is -1.77. The van der Waals surface area contributed by atoms with Crippen LogP contribution in [0, 0.1) is 11.3 Å². The second-order valence-corrected chi connectivity index (χ2v) is 4.41. The van der Waals surface area contributed by atoms with Crippen LogP contribution in [0.3, 0.4) is 0 Å². The van der Waals surface area contributed by atoms with Crippen molar-refractivity contribution in [3.63, 3.8) is 0 Å². The number of nitrogens with one attached hydrogen (secondary N) is 1. The van der Waals surface area contributed by atoms with E-state index in [1.54, 1.807) is 6.07 Å². The maximum atomic E-state index is 9.90. The van der Waals surface area contributed by atoms with E-state index in [9.17, 15) is 10.2 Å². The van der Waals surface area contributed by atoms with Crippen LogP contribution < -0.4 is 5.32 Å². The highest BCUT2D eigenvalue weighted by atomic mass is 16.3. The van der Waals surface area contributed by atoms with Crippen molar-refractivity contribution in [1.29, 1.82) is 5.26 Å². The molecule has 1 atom stereocenters. The highest BCUT2D eigenvalue weighted by molar-refractivity contribution is 5.41. The highest BCUT2D eigenvalue weighted by Crippen LogP contribution is 2.33. The largest absolute Gasteiger partial charge is 0.508 e. The first-order valence-electron chi connectivity index (χ1n) is 6.06. The summed E-state index contributed by atoms with van der Waals surface area (Å²) < 4.78 is 0. The Balaban J connectivity index is 2.28. The van der Waals surface area contributed by atoms with E-state index >= 15 is 0 Å². The molecule has 1 aromatic rings. The first kappa shape index (κ1) is 12.7. The summed E-state index contributed by atoms with van der Waals surface area (Å²) >= 11 is 0. The average molecular weight is 247 g/mol. The number of nitrogens with zero attached hydrogens (tertiary/aromatic N) is 2. The van der Waals surface area contributed by atoms with Gasteiger partial charge in [0.15, 0.2) is 0 Å². The molecule has 0 saturated carbocycles. The van der Waals surface area contributed by atoms with E-state index < -0.39 is 0 Å². The molecule has 1 fully saturated rings. The van der Waals surface area contributed by atoms with E-state index in [1.807, 2.05) is 0 Å². The lowest BCUT2D eigenvalue weighted by Crippen LogP contribution is -2.45. The molecule has 0 aromatic heterocycles. The standard InChI is InChI=1S/C13H17N3O2/c14-4-3-12(16-7-5-15-6-8-16)11-9-10(17)1-2-13(11)18/h1-2,9,12,15,17-18H,3,5-8H2/t12-/m1/s1. The molecular weight excluding hydrogens is 230 g/mol. The van der Waals surface area contributed by atoms with Gasteiger partial charge in [0.1, 0.15) is 11.5 Å². The minimum atomic E-state index is -0.163. The number of rotatable bonds is 3. The summed E-state index contributed by atoms with van der Waals surface area (Å²) in [4.78, 5) is 2.16. The number of aromatic hydroxyl groups is 2. The molecular formula is C13H17N3O2. The van der Waals surface area contributed by atoms with Crippen molar-refractivity contribution in [2.75, 3.05) is 26.2 Å². The zero-order valence-electron chi connectivity index (χ0n) is 10.1. The topological polar surface area (TPSA) is 79.5 Å². The Labute approximate surface area is 106 Å². The highest BCUT2D eigenvalue weighted by Gasteiger charge is 2.24. The summed E-state index contributed by atoms with van der Waals surface area (Å²) in [7, 11) is 0. The first-order chi connectivity index (χ1) is 8.72. The summed E-state index contributed by atoms with van der Waals surface area (Å²) in [5.41, 5.74) is 0.624. The third kappa shape index (κ3) is 2.73. The second kappa shape index (κ2) is 5.71. The minimum absolute atomic E-state index is 0.112. The predicted molar refractivity (Wildman–Crippen MR) is 67.2 cm³/mol. The number of benzene rings is 1. The van der Waals surface area contributed by atoms with Gasteiger partial charge in [-0.05, 0) is 18.2 Å². The Morgan fingerprint density at radius 2 is 2.06 bits per heavy atom. The smallest absolute Gasteiger partial charge is 0.120 e. The zero-order chi connectivity index (χ0) is 13.0. The van der Waals surface area contributed by atoms with Crippen LogP contribution >= 0.6 is 0 Å². The Morgan fingerprint density at radius 1 is 1.33 bits per heavy atom. The average Bonchev–Trinajstić information content (AvgIpc) is 2.40. The molecule has 3 N–H and O–H groups in total. The van der Waals surface area contributed by atoms with Crippen LogP contribution in [0.15, 0.2) is 18.2 Å². The Morgan fingerprint density at radius 3 is 2.72 bits per heavy atom. The van der Waals surface area contributed by atoms with Crippen LogP contribution in [0.25, 0.3) is 0 Å². The van der Waals surface area contributed by atoms with Gasteiger partial charge >= 0.3 is 0 Å². The fourth-order valence-corrected chi connectivity index (χ4v) is 2.32. The minimum Gasteiger partial charge on any atom is -0.508 e. The summed E-state index contributed by atoms with van der Waals surface area (Å²) in [5, 5.41) is 31.6. The summed E-state index contributed by atoms with van der Waals surface area (Å²) in [6.45, 7) is 3.42. The zero-order valence-corrected chi connectivity index (χ0v) is 10.1. The number of hydrogen-bond acceptors (Lipinski definition) is 5. The maximum absolute atomic E-state index is 9.90. The molecule has 1 aliphatic heterocycles. The summed E-state index contributed by atoms with van der Waals surface area (Å²) in [6, 6.07) is 6.45. The van der Waals surface area contributed by atoms with Crippen molar-refractivity contribution < 1.29 is 10.2 Å². The van der Waals surface area contributed by atoms with Gasteiger partial charge in [-0.1, -0.05) is 0 Å². The molecule has 0 amide bonds. The van der Waals surface area contributed by atoms with Crippen molar-refractivity contribution in [2.45, 2.75) is 12.5 Å². The van der Waals surface area contributed by atoms with Gasteiger partial charge < -0.3 is 15.5 Å². The van der Waals surface area contributed by atoms with Crippen molar-refractivity contribution >= 4 is 0 Å². The van der Waals surface area contributed by atoms with Crippen LogP contribution in [0.5, 0.6) is 11.5 Å². The number of phenols is 2. The lowest BCUT2D eigenvalue weighted by atomic mass is 10.0. The van der Waals surface area contributed by atoms with Gasteiger partial charge in [0.05, 0.1) is 18.5 Å². The second-order valence-electron chi connectivity index (χ2n) is 4.41. The van der Waals surface area contributed by atoms with Crippen LogP contribution in [0.4, 0.5) is 0 Å². The Kier molecular flexibility index (Phi) is 4.03. The third-order valence-electron chi connectivity index (χ3n) is 3.25. The molecule has 1 aromatic carbocycles. The van der Waals surface area contributed by atoms with Gasteiger partial charge in [-0.3, -0.25) is 4.90 Å². The molecule has 96 valence electrons. The van der Waals surface area contributed by atoms with Crippen molar-refractivity contribution in [1.82, 2.24) is 10.2 Å². The molecule has 5 nitrogen and oxygen atoms in total. The monoisotopic (exact) mass is 247 g/mol. The van der Waals surface area contributed by atoms with Crippen molar-refractivity contribution in [3.05, 3.63) is 23.8 Å². The molecule has 2 rings (SSSR count). The summed E-state index contributed by atoms with van der Waals surface area (Å²) in [6.07, 6.45) is 0.303. The van der Waals surface area contributed by atoms with E-state index in [2.05, 4.69) is 16.3 Å². The molecule has 0 spiro atoms. The molecule has 0 bridgehead atoms. The maximum Gasteiger partial charge on any atom is 0.120 e. The predicted octanol–water partition coefficient (Wildman–Crippen LogP) is 0.958. The fraction of sp³-hybridized carbons (Fsp3) is 0.462. The normalized spacial score (nSPS) is 18.2. The van der Waals surface area contributed by atoms with Gasteiger partial charge in [-0.25, -0.2) is 0 Å².